The maximum atomic E-state index is 11.9. The molecule has 0 aromatic heterocycles. The molecule has 0 aliphatic rings. The molecule has 0 spiro atoms. The Kier molecular flexibility index (Phi) is 5.38. The summed E-state index contributed by atoms with van der Waals surface area (Å²) in [5, 5.41) is 9.02. The average Bonchev–Trinajstić information content (AvgIpc) is 2.57. The zero-order valence-electron chi connectivity index (χ0n) is 15.9. The van der Waals surface area contributed by atoms with Crippen molar-refractivity contribution in [2.75, 3.05) is 0 Å². The molecule has 0 amide bonds. The van der Waals surface area contributed by atoms with Crippen LogP contribution in [0.25, 0.3) is 32.3 Å². The fraction of sp³-hybridized carbons (Fsp3) is 0. The van der Waals surface area contributed by atoms with Gasteiger partial charge in [0.05, 0.1) is 0 Å². The van der Waals surface area contributed by atoms with E-state index in [1.54, 1.807) is 0 Å². The van der Waals surface area contributed by atoms with Crippen LogP contribution in [0, 0.1) is 0 Å². The monoisotopic (exact) mass is 482 g/mol. The van der Waals surface area contributed by atoms with E-state index < -0.39 is 56.2 Å². The van der Waals surface area contributed by atoms with Crippen LogP contribution in [0.3, 0.4) is 0 Å². The van der Waals surface area contributed by atoms with Gasteiger partial charge in [-0.15, -0.1) is 0 Å². The van der Waals surface area contributed by atoms with Gasteiger partial charge in [-0.3, -0.25) is 13.7 Å². The Morgan fingerprint density at radius 3 is 1.43 bits per heavy atom. The molecule has 0 heterocycles. The molecule has 0 aliphatic carbocycles. The van der Waals surface area contributed by atoms with E-state index in [4.69, 9.17) is 0 Å². The normalized spacial score (nSPS) is 13.2. The van der Waals surface area contributed by atoms with Gasteiger partial charge in [0.15, 0.2) is 0 Å². The van der Waals surface area contributed by atoms with E-state index in [0.29, 0.717) is 0 Å². The van der Waals surface area contributed by atoms with Crippen LogP contribution in [0.15, 0.2) is 51.1 Å². The second-order valence-corrected chi connectivity index (χ2v) is 10.4. The largest absolute Gasteiger partial charge is 1.00 e. The third kappa shape index (κ3) is 3.45. The third-order valence-corrected chi connectivity index (χ3v) is 7.29. The first-order valence-electron chi connectivity index (χ1n) is 7.61. The minimum absolute atomic E-state index is 0. The molecule has 0 unspecified atom stereocenters. The Bertz CT molecular complexity index is 1680. The molecule has 0 radical (unpaired) electrons. The van der Waals surface area contributed by atoms with Gasteiger partial charge in [0.2, 0.25) is 0 Å². The van der Waals surface area contributed by atoms with E-state index in [1.165, 1.54) is 0 Å². The van der Waals surface area contributed by atoms with Crippen LogP contribution in [0.2, 0.25) is 0 Å². The first kappa shape index (κ1) is 23.1. The van der Waals surface area contributed by atoms with E-state index in [1.807, 2.05) is 0 Å². The van der Waals surface area contributed by atoms with Crippen molar-refractivity contribution in [3.8, 4) is 5.75 Å². The maximum absolute atomic E-state index is 11.9. The Hall–Kier alpha value is -1.55. The fourth-order valence-electron chi connectivity index (χ4n) is 3.52. The minimum atomic E-state index is -4.90. The molecule has 4 aromatic carbocycles. The Balaban J connectivity index is 0.00000171. The number of hydrogen-bond donors (Lipinski definition) is 4. The van der Waals surface area contributed by atoms with Gasteiger partial charge in [-0.1, -0.05) is 6.07 Å². The van der Waals surface area contributed by atoms with Crippen molar-refractivity contribution in [1.82, 2.24) is 0 Å². The Morgan fingerprint density at radius 2 is 0.967 bits per heavy atom. The molecule has 154 valence electrons. The van der Waals surface area contributed by atoms with Gasteiger partial charge in [-0.25, -0.2) is 0 Å². The van der Waals surface area contributed by atoms with Crippen LogP contribution in [-0.2, 0) is 30.4 Å². The molecular formula is C16H11NaO10S3. The first-order chi connectivity index (χ1) is 13.2. The van der Waals surface area contributed by atoms with Gasteiger partial charge in [0.25, 0.3) is 30.4 Å². The molecular weight excluding hydrogens is 471 g/mol. The smallest absolute Gasteiger partial charge is 1.00 e. The SMILES string of the molecule is O=S(=O)(O)c1cc2c(S(=O)(=O)O)ccc3c(S(=O)(=O)O)cc4c(O)ccc1c4c32.[H-].[Na+]. The Labute approximate surface area is 193 Å². The van der Waals surface area contributed by atoms with Crippen LogP contribution in [-0.4, -0.2) is 44.0 Å². The summed E-state index contributed by atoms with van der Waals surface area (Å²) in [6.45, 7) is 0. The topological polar surface area (TPSA) is 183 Å². The zero-order valence-corrected chi connectivity index (χ0v) is 19.4. The summed E-state index contributed by atoms with van der Waals surface area (Å²) in [5.41, 5.74) is 0. The van der Waals surface area contributed by atoms with Crippen LogP contribution >= 0.6 is 0 Å². The summed E-state index contributed by atoms with van der Waals surface area (Å²) in [4.78, 5) is -2.14. The summed E-state index contributed by atoms with van der Waals surface area (Å²) < 4.78 is 99.9. The van der Waals surface area contributed by atoms with Gasteiger partial charge in [-0.05, 0) is 30.3 Å². The van der Waals surface area contributed by atoms with Crippen LogP contribution in [0.4, 0.5) is 0 Å². The number of hydrogen-bond acceptors (Lipinski definition) is 7. The van der Waals surface area contributed by atoms with Crippen LogP contribution < -0.4 is 29.6 Å². The van der Waals surface area contributed by atoms with Crippen molar-refractivity contribution >= 4 is 62.7 Å². The molecule has 0 saturated heterocycles. The van der Waals surface area contributed by atoms with Crippen molar-refractivity contribution < 1.29 is 75.0 Å². The standard InChI is InChI=1S/C16H10O10S3.Na.H/c17-11-3-1-7-14(29(24,25)26)6-10-12(27(18,19)20)4-2-8-13(28(21,22)23)5-9(11)15(7)16(8)10;;/h1-6,17H,(H,18,19,20)(H,21,22,23)(H,24,25,26);;/q;+1;-1. The number of benzene rings is 4. The molecule has 4 rings (SSSR count). The molecule has 30 heavy (non-hydrogen) atoms. The molecule has 0 saturated carbocycles. The van der Waals surface area contributed by atoms with E-state index >= 15 is 0 Å². The minimum Gasteiger partial charge on any atom is -1.00 e. The van der Waals surface area contributed by atoms with Gasteiger partial charge in [0, 0.05) is 32.3 Å². The van der Waals surface area contributed by atoms with Gasteiger partial charge < -0.3 is 6.53 Å². The predicted molar refractivity (Wildman–Crippen MR) is 102 cm³/mol. The van der Waals surface area contributed by atoms with Crippen molar-refractivity contribution in [3.05, 3.63) is 36.4 Å². The van der Waals surface area contributed by atoms with Crippen LogP contribution in [0.5, 0.6) is 5.75 Å². The van der Waals surface area contributed by atoms with Gasteiger partial charge >= 0.3 is 29.6 Å². The van der Waals surface area contributed by atoms with E-state index in [9.17, 15) is 44.0 Å². The second-order valence-electron chi connectivity index (χ2n) is 6.26. The molecule has 0 bridgehead atoms. The van der Waals surface area contributed by atoms with E-state index in [2.05, 4.69) is 0 Å². The molecule has 0 fully saturated rings. The molecule has 0 aliphatic heterocycles. The number of phenols is 1. The molecule has 0 atom stereocenters. The van der Waals surface area contributed by atoms with E-state index in [0.717, 1.165) is 36.4 Å². The average molecular weight is 482 g/mol. The van der Waals surface area contributed by atoms with Crippen molar-refractivity contribution in [2.24, 2.45) is 0 Å². The second kappa shape index (κ2) is 6.98. The number of rotatable bonds is 3. The van der Waals surface area contributed by atoms with Crippen molar-refractivity contribution in [3.63, 3.8) is 0 Å². The zero-order chi connectivity index (χ0) is 21.5. The first-order valence-corrected chi connectivity index (χ1v) is 11.9. The third-order valence-electron chi connectivity index (χ3n) is 4.59. The summed E-state index contributed by atoms with van der Waals surface area (Å²) >= 11 is 0. The van der Waals surface area contributed by atoms with Crippen molar-refractivity contribution in [1.29, 1.82) is 0 Å². The molecule has 14 heteroatoms. The molecule has 10 nitrogen and oxygen atoms in total. The maximum Gasteiger partial charge on any atom is 1.00 e. The summed E-state index contributed by atoms with van der Waals surface area (Å²) in [5.74, 6) is -0.490. The number of aromatic hydroxyl groups is 1. The molecule has 4 aromatic rings. The fourth-order valence-corrected chi connectivity index (χ4v) is 5.63. The van der Waals surface area contributed by atoms with E-state index in [-0.39, 0.29) is 57.9 Å². The predicted octanol–water partition coefficient (Wildman–Crippen LogP) is -0.854. The summed E-state index contributed by atoms with van der Waals surface area (Å²) in [6, 6.07) is 5.72. The summed E-state index contributed by atoms with van der Waals surface area (Å²) in [6.07, 6.45) is 0. The molecule has 4 N–H and O–H groups in total. The quantitative estimate of drug-likeness (QED) is 0.163. The number of phenolic OH excluding ortho intramolecular Hbond substituents is 1. The van der Waals surface area contributed by atoms with Crippen LogP contribution in [0.1, 0.15) is 1.43 Å². The summed E-state index contributed by atoms with van der Waals surface area (Å²) in [7, 11) is -14.6. The van der Waals surface area contributed by atoms with Gasteiger partial charge in [-0.2, -0.15) is 25.3 Å². The Morgan fingerprint density at radius 1 is 0.567 bits per heavy atom. The van der Waals surface area contributed by atoms with Crippen molar-refractivity contribution in [2.45, 2.75) is 14.7 Å². The van der Waals surface area contributed by atoms with Gasteiger partial charge in [0.1, 0.15) is 20.4 Å².